The number of aromatic hydroxyl groups is 1. The Morgan fingerprint density at radius 2 is 1.57 bits per heavy atom. The predicted octanol–water partition coefficient (Wildman–Crippen LogP) is 3.66. The maximum absolute atomic E-state index is 14.0. The quantitative estimate of drug-likeness (QED) is 0.0593. The van der Waals surface area contributed by atoms with E-state index in [4.69, 9.17) is 10.1 Å². The second-order valence-corrected chi connectivity index (χ2v) is 13.5. The van der Waals surface area contributed by atoms with Crippen molar-refractivity contribution in [2.24, 2.45) is 12.9 Å². The number of nitrogens with zero attached hydrogens (tertiary/aromatic N) is 4. The van der Waals surface area contributed by atoms with Crippen molar-refractivity contribution in [3.05, 3.63) is 106 Å². The summed E-state index contributed by atoms with van der Waals surface area (Å²) in [5, 5.41) is 19.2. The first kappa shape index (κ1) is 35.6. The molecule has 1 aliphatic carbocycles. The Hall–Kier alpha value is -6.78. The number of carbonyl (C=O) groups excluding carboxylic acids is 2. The minimum atomic E-state index is -4.85. The smallest absolute Gasteiger partial charge is 0.357 e. The van der Waals surface area contributed by atoms with Crippen LogP contribution in [0.25, 0.3) is 22.0 Å². The number of fused-ring (bicyclic) bond motifs is 2. The van der Waals surface area contributed by atoms with Gasteiger partial charge in [0.15, 0.2) is 11.5 Å². The standard InChI is InChI=1S/C33H24N8O11S2/c1-41-23-9-8-20(28-27(23)19(14-26(41)42)17-4-2-3-5-18(17)29(28)43)36-22-13-16(7-11-25(22)54(48,49)50)35-31-38-32(40-33(45)39-31)37-21-12-15(30(44)51-34)6-10-24(21)52-53(46)47/h2-14,36H,34H2,1H3,(H,46,47)(H,48,49,50)(H3,35,37,38,39,40,45). The molecule has 1 atom stereocenters. The van der Waals surface area contributed by atoms with E-state index < -0.39 is 44.1 Å². The third-order valence-corrected chi connectivity index (χ3v) is 9.47. The molecule has 274 valence electrons. The average Bonchev–Trinajstić information content (AvgIpc) is 3.12. The van der Waals surface area contributed by atoms with Gasteiger partial charge in [0.1, 0.15) is 4.90 Å². The summed E-state index contributed by atoms with van der Waals surface area (Å²) >= 11 is -2.78. The zero-order chi connectivity index (χ0) is 38.5. The van der Waals surface area contributed by atoms with Crippen molar-refractivity contribution in [3.8, 4) is 22.9 Å². The van der Waals surface area contributed by atoms with Gasteiger partial charge in [0, 0.05) is 29.8 Å². The lowest BCUT2D eigenvalue weighted by atomic mass is 9.83. The monoisotopic (exact) mass is 772 g/mol. The molecule has 0 saturated heterocycles. The Morgan fingerprint density at radius 3 is 2.28 bits per heavy atom. The molecule has 2 aromatic heterocycles. The van der Waals surface area contributed by atoms with Crippen LogP contribution in [0.5, 0.6) is 11.8 Å². The maximum atomic E-state index is 14.0. The zero-order valence-electron chi connectivity index (χ0n) is 27.3. The third-order valence-electron chi connectivity index (χ3n) is 8.24. The molecule has 0 bridgehead atoms. The fourth-order valence-corrected chi connectivity index (χ4v) is 6.86. The van der Waals surface area contributed by atoms with E-state index in [9.17, 15) is 41.2 Å². The van der Waals surface area contributed by atoms with Crippen molar-refractivity contribution in [3.63, 3.8) is 0 Å². The van der Waals surface area contributed by atoms with Crippen molar-refractivity contribution in [2.75, 3.05) is 16.0 Å². The first-order valence-electron chi connectivity index (χ1n) is 15.2. The van der Waals surface area contributed by atoms with Crippen molar-refractivity contribution >= 4 is 78.8 Å². The van der Waals surface area contributed by atoms with E-state index in [1.54, 1.807) is 37.4 Å². The van der Waals surface area contributed by atoms with E-state index >= 15 is 0 Å². The summed E-state index contributed by atoms with van der Waals surface area (Å²) in [6.07, 6.45) is 0. The highest BCUT2D eigenvalue weighted by Gasteiger charge is 2.30. The van der Waals surface area contributed by atoms with Crippen LogP contribution < -0.4 is 31.6 Å². The van der Waals surface area contributed by atoms with Crippen LogP contribution in [-0.2, 0) is 33.4 Å². The molecule has 0 fully saturated rings. The van der Waals surface area contributed by atoms with E-state index in [0.29, 0.717) is 27.6 Å². The van der Waals surface area contributed by atoms with Crippen LogP contribution in [0.2, 0.25) is 0 Å². The molecule has 4 aromatic carbocycles. The van der Waals surface area contributed by atoms with E-state index in [1.807, 2.05) is 0 Å². The Balaban J connectivity index is 1.27. The Morgan fingerprint density at radius 1 is 0.852 bits per heavy atom. The number of hydrogen-bond acceptors (Lipinski definition) is 16. The van der Waals surface area contributed by atoms with Crippen LogP contribution >= 0.6 is 0 Å². The van der Waals surface area contributed by atoms with Crippen molar-refractivity contribution in [1.82, 2.24) is 19.5 Å². The van der Waals surface area contributed by atoms with E-state index in [-0.39, 0.29) is 57.1 Å². The fourth-order valence-electron chi connectivity index (χ4n) is 5.93. The molecule has 1 aliphatic rings. The highest BCUT2D eigenvalue weighted by Crippen LogP contribution is 2.43. The van der Waals surface area contributed by atoms with E-state index in [2.05, 4.69) is 35.7 Å². The van der Waals surface area contributed by atoms with Crippen molar-refractivity contribution in [1.29, 1.82) is 0 Å². The fraction of sp³-hybridized carbons (Fsp3) is 0.0303. The predicted molar refractivity (Wildman–Crippen MR) is 193 cm³/mol. The summed E-state index contributed by atoms with van der Waals surface area (Å²) in [4.78, 5) is 54.3. The third kappa shape index (κ3) is 6.66. The number of nitrogens with one attached hydrogen (secondary N) is 3. The molecular formula is C33H24N8O11S2. The second kappa shape index (κ2) is 13.6. The molecule has 0 aliphatic heterocycles. The summed E-state index contributed by atoms with van der Waals surface area (Å²) in [6.45, 7) is 0. The van der Waals surface area contributed by atoms with Gasteiger partial charge in [-0.1, -0.05) is 24.3 Å². The number of rotatable bonds is 10. The molecule has 54 heavy (non-hydrogen) atoms. The van der Waals surface area contributed by atoms with Crippen molar-refractivity contribution < 1.29 is 45.4 Å². The number of nitrogens with two attached hydrogens (primary N) is 1. The summed E-state index contributed by atoms with van der Waals surface area (Å²) in [5.74, 6) is 2.71. The van der Waals surface area contributed by atoms with Crippen LogP contribution in [-0.4, -0.2) is 58.1 Å². The summed E-state index contributed by atoms with van der Waals surface area (Å²) in [5.41, 5.74) is 1.59. The van der Waals surface area contributed by atoms with Crippen LogP contribution in [0.4, 0.5) is 34.6 Å². The van der Waals surface area contributed by atoms with Gasteiger partial charge in [-0.3, -0.25) is 18.7 Å². The maximum Gasteiger partial charge on any atom is 0.357 e. The molecule has 0 spiro atoms. The number of benzene rings is 4. The number of aromatic nitrogens is 4. The molecule has 0 radical (unpaired) electrons. The number of hydrogen-bond donors (Lipinski definition) is 7. The second-order valence-electron chi connectivity index (χ2n) is 11.5. The van der Waals surface area contributed by atoms with Gasteiger partial charge in [0.25, 0.3) is 15.7 Å². The topological polar surface area (TPSA) is 287 Å². The number of aryl methyl sites for hydroxylation is 1. The van der Waals surface area contributed by atoms with Gasteiger partial charge in [-0.05, 0) is 59.7 Å². The van der Waals surface area contributed by atoms with Gasteiger partial charge in [-0.15, -0.1) is 0 Å². The number of pyridine rings is 1. The SMILES string of the molecule is Cn1c(=O)cc2c3c(c(Nc4cc(Nc5nc(O)nc(Nc6cc(C(=O)ON)ccc6OS(=O)O)n5)ccc4S(=O)(=O)O)ccc31)C(=O)c1ccccc1-2. The molecular weight excluding hydrogens is 749 g/mol. The molecule has 21 heteroatoms. The summed E-state index contributed by atoms with van der Waals surface area (Å²) in [6, 6.07) is 17.6. The van der Waals surface area contributed by atoms with Gasteiger partial charge in [-0.2, -0.15) is 33.5 Å². The van der Waals surface area contributed by atoms with E-state index in [1.165, 1.54) is 34.9 Å². The summed E-state index contributed by atoms with van der Waals surface area (Å²) in [7, 11) is -3.29. The minimum absolute atomic E-state index is 0.0987. The van der Waals surface area contributed by atoms with Gasteiger partial charge in [-0.25, -0.2) is 4.79 Å². The highest BCUT2D eigenvalue weighted by atomic mass is 32.2. The molecule has 1 unspecified atom stereocenters. The molecule has 6 aromatic rings. The first-order valence-corrected chi connectivity index (χ1v) is 17.7. The molecule has 7 rings (SSSR count). The minimum Gasteiger partial charge on any atom is -0.479 e. The largest absolute Gasteiger partial charge is 0.479 e. The zero-order valence-corrected chi connectivity index (χ0v) is 28.9. The lowest BCUT2D eigenvalue weighted by molar-refractivity contribution is 0.0503. The normalized spacial score (nSPS) is 12.5. The van der Waals surface area contributed by atoms with Gasteiger partial charge < -0.3 is 34.6 Å². The van der Waals surface area contributed by atoms with Gasteiger partial charge in [0.05, 0.1) is 33.7 Å². The summed E-state index contributed by atoms with van der Waals surface area (Å²) < 4.78 is 62.1. The molecule has 0 saturated carbocycles. The number of ketones is 1. The van der Waals surface area contributed by atoms with Gasteiger partial charge in [0.2, 0.25) is 11.9 Å². The van der Waals surface area contributed by atoms with Crippen molar-refractivity contribution in [2.45, 2.75) is 4.90 Å². The highest BCUT2D eigenvalue weighted by molar-refractivity contribution is 7.86. The lowest BCUT2D eigenvalue weighted by Crippen LogP contribution is -2.21. The molecule has 0 amide bonds. The van der Waals surface area contributed by atoms with E-state index in [0.717, 1.165) is 18.2 Å². The molecule has 19 nitrogen and oxygen atoms in total. The Labute approximate surface area is 305 Å². The van der Waals surface area contributed by atoms with Crippen LogP contribution in [0.15, 0.2) is 88.6 Å². The first-order chi connectivity index (χ1) is 25.7. The molecule has 2 heterocycles. The Bertz CT molecular complexity index is 2780. The Kier molecular flexibility index (Phi) is 9.00. The van der Waals surface area contributed by atoms with Crippen LogP contribution in [0.3, 0.4) is 0 Å². The van der Waals surface area contributed by atoms with Crippen LogP contribution in [0, 0.1) is 0 Å². The van der Waals surface area contributed by atoms with Crippen LogP contribution in [0.1, 0.15) is 26.3 Å². The number of anilines is 6. The average molecular weight is 773 g/mol. The van der Waals surface area contributed by atoms with Gasteiger partial charge >= 0.3 is 23.3 Å². The lowest BCUT2D eigenvalue weighted by Gasteiger charge is -2.24. The number of carbonyl (C=O) groups is 2. The molecule has 8 N–H and O–H groups in total.